The van der Waals surface area contributed by atoms with Crippen LogP contribution < -0.4 is 0 Å². The van der Waals surface area contributed by atoms with Crippen molar-refractivity contribution in [3.8, 4) is 22.8 Å². The van der Waals surface area contributed by atoms with Gasteiger partial charge in [-0.3, -0.25) is 0 Å². The van der Waals surface area contributed by atoms with Crippen molar-refractivity contribution in [2.24, 2.45) is 0 Å². The molecule has 0 saturated carbocycles. The first-order valence-corrected chi connectivity index (χ1v) is 8.41. The van der Waals surface area contributed by atoms with E-state index in [9.17, 15) is 8.78 Å². The highest BCUT2D eigenvalue weighted by Crippen LogP contribution is 2.27. The molecule has 4 rings (SSSR count). The zero-order valence-corrected chi connectivity index (χ0v) is 14.5. The Labute approximate surface area is 151 Å². The fourth-order valence-corrected chi connectivity index (χ4v) is 2.90. The number of hydrogen-bond acceptors (Lipinski definition) is 2. The quantitative estimate of drug-likeness (QED) is 0.477. The summed E-state index contributed by atoms with van der Waals surface area (Å²) in [5.41, 5.74) is 2.49. The van der Waals surface area contributed by atoms with Crippen LogP contribution in [0.25, 0.3) is 22.8 Å². The molecule has 0 saturated heterocycles. The van der Waals surface area contributed by atoms with Crippen molar-refractivity contribution in [1.82, 2.24) is 14.5 Å². The van der Waals surface area contributed by atoms with E-state index in [0.717, 1.165) is 28.2 Å². The summed E-state index contributed by atoms with van der Waals surface area (Å²) < 4.78 is 30.3. The Kier molecular flexibility index (Phi) is 4.05. The van der Waals surface area contributed by atoms with Crippen LogP contribution in [0.4, 0.5) is 8.78 Å². The monoisotopic (exact) mass is 399 g/mol. The van der Waals surface area contributed by atoms with Crippen LogP contribution in [0.15, 0.2) is 65.4 Å². The molecule has 0 N–H and O–H groups in total. The molecular formula is C19H12BrF2N3. The third kappa shape index (κ3) is 3.30. The van der Waals surface area contributed by atoms with Crippen molar-refractivity contribution in [2.45, 2.75) is 6.54 Å². The summed E-state index contributed by atoms with van der Waals surface area (Å²) in [5.74, 6) is -0.872. The molecule has 2 aromatic rings. The van der Waals surface area contributed by atoms with Crippen LogP contribution in [-0.2, 0) is 6.54 Å². The fourth-order valence-electron chi connectivity index (χ4n) is 2.64. The van der Waals surface area contributed by atoms with Gasteiger partial charge in [0.1, 0.15) is 17.3 Å². The van der Waals surface area contributed by atoms with Crippen molar-refractivity contribution in [3.63, 3.8) is 0 Å². The molecule has 0 bridgehead atoms. The normalized spacial score (nSPS) is 11.2. The van der Waals surface area contributed by atoms with Gasteiger partial charge in [-0.1, -0.05) is 28.1 Å². The second-order valence-electron chi connectivity index (χ2n) is 5.69. The average Bonchev–Trinajstić information content (AvgIpc) is 3.02. The van der Waals surface area contributed by atoms with E-state index in [1.165, 1.54) is 0 Å². The summed E-state index contributed by atoms with van der Waals surface area (Å²) in [6, 6.07) is 13.1. The van der Waals surface area contributed by atoms with Crippen LogP contribution in [0.3, 0.4) is 0 Å². The minimum Gasteiger partial charge on any atom is -0.348 e. The molecule has 2 heterocycles. The summed E-state index contributed by atoms with van der Waals surface area (Å²) in [7, 11) is 0. The highest BCUT2D eigenvalue weighted by Gasteiger charge is 2.16. The number of benzene rings is 2. The third-order valence-electron chi connectivity index (χ3n) is 3.87. The molecule has 25 heavy (non-hydrogen) atoms. The topological polar surface area (TPSA) is 30.7 Å². The predicted molar refractivity (Wildman–Crippen MR) is 95.2 cm³/mol. The van der Waals surface area contributed by atoms with E-state index in [1.54, 1.807) is 0 Å². The molecular weight excluding hydrogens is 388 g/mol. The van der Waals surface area contributed by atoms with Crippen LogP contribution in [-0.4, -0.2) is 14.5 Å². The second kappa shape index (κ2) is 6.37. The molecule has 0 radical (unpaired) electrons. The lowest BCUT2D eigenvalue weighted by Crippen LogP contribution is -2.00. The Balaban J connectivity index is 1.69. The molecule has 0 unspecified atom stereocenters. The van der Waals surface area contributed by atoms with E-state index >= 15 is 0 Å². The third-order valence-corrected chi connectivity index (χ3v) is 4.40. The second-order valence-corrected chi connectivity index (χ2v) is 6.60. The maximum Gasteiger partial charge on any atom is 0.163 e. The van der Waals surface area contributed by atoms with Gasteiger partial charge in [0.05, 0.1) is 11.3 Å². The van der Waals surface area contributed by atoms with Crippen LogP contribution in [0.2, 0.25) is 0 Å². The lowest BCUT2D eigenvalue weighted by molar-refractivity contribution is 0.602. The number of imidazole rings is 1. The molecule has 6 heteroatoms. The molecule has 0 amide bonds. The number of fused-ring (bicyclic) bond motifs is 1. The number of halogens is 3. The number of aromatic nitrogens is 3. The van der Waals surface area contributed by atoms with Crippen molar-refractivity contribution < 1.29 is 8.78 Å². The largest absolute Gasteiger partial charge is 0.348 e. The van der Waals surface area contributed by atoms with Gasteiger partial charge in [-0.25, -0.2) is 18.7 Å². The minimum atomic E-state index is -0.542. The van der Waals surface area contributed by atoms with Crippen LogP contribution >= 0.6 is 15.9 Å². The fraction of sp³-hybridized carbons (Fsp3) is 0.0526. The van der Waals surface area contributed by atoms with Gasteiger partial charge in [0, 0.05) is 23.4 Å². The smallest absolute Gasteiger partial charge is 0.163 e. The Hall–Kier alpha value is -2.60. The molecule has 3 nitrogen and oxygen atoms in total. The SMILES string of the molecule is Fc1ccc(F)c(-c2nc3ccn(Cc4ccc(Br)cc4)cc-3n2)c1. The van der Waals surface area contributed by atoms with Gasteiger partial charge in [0.25, 0.3) is 0 Å². The van der Waals surface area contributed by atoms with Crippen molar-refractivity contribution in [1.29, 1.82) is 0 Å². The van der Waals surface area contributed by atoms with Gasteiger partial charge < -0.3 is 4.57 Å². The molecule has 0 aliphatic carbocycles. The Bertz CT molecular complexity index is 1010. The molecule has 2 aromatic carbocycles. The molecule has 0 aromatic heterocycles. The van der Waals surface area contributed by atoms with E-state index in [0.29, 0.717) is 17.9 Å². The predicted octanol–water partition coefficient (Wildman–Crippen LogP) is 5.14. The molecule has 0 fully saturated rings. The highest BCUT2D eigenvalue weighted by atomic mass is 79.9. The van der Waals surface area contributed by atoms with Gasteiger partial charge in [-0.2, -0.15) is 0 Å². The Morgan fingerprint density at radius 1 is 0.920 bits per heavy atom. The molecule has 0 atom stereocenters. The molecule has 2 aliphatic heterocycles. The highest BCUT2D eigenvalue weighted by molar-refractivity contribution is 9.10. The van der Waals surface area contributed by atoms with Crippen LogP contribution in [0.5, 0.6) is 0 Å². The van der Waals surface area contributed by atoms with Gasteiger partial charge in [0.15, 0.2) is 5.82 Å². The van der Waals surface area contributed by atoms with Crippen LogP contribution in [0, 0.1) is 11.6 Å². The average molecular weight is 400 g/mol. The molecule has 0 spiro atoms. The van der Waals surface area contributed by atoms with Gasteiger partial charge in [0.2, 0.25) is 0 Å². The number of rotatable bonds is 3. The van der Waals surface area contributed by atoms with E-state index in [2.05, 4.69) is 25.9 Å². The molecule has 124 valence electrons. The van der Waals surface area contributed by atoms with Gasteiger partial charge in [-0.05, 0) is 42.0 Å². The zero-order valence-electron chi connectivity index (χ0n) is 13.0. The first kappa shape index (κ1) is 15.9. The van der Waals surface area contributed by atoms with E-state index in [1.807, 2.05) is 47.3 Å². The Morgan fingerprint density at radius 3 is 2.48 bits per heavy atom. The van der Waals surface area contributed by atoms with Crippen molar-refractivity contribution in [2.75, 3.05) is 0 Å². The first-order valence-electron chi connectivity index (χ1n) is 7.62. The van der Waals surface area contributed by atoms with E-state index in [4.69, 9.17) is 0 Å². The molecule has 2 aliphatic rings. The maximum atomic E-state index is 13.9. The minimum absolute atomic E-state index is 0.0654. The van der Waals surface area contributed by atoms with E-state index < -0.39 is 11.6 Å². The summed E-state index contributed by atoms with van der Waals surface area (Å²) in [5, 5.41) is 0. The number of pyridine rings is 1. The van der Waals surface area contributed by atoms with Crippen molar-refractivity contribution >= 4 is 15.9 Å². The maximum absolute atomic E-state index is 13.9. The van der Waals surface area contributed by atoms with Gasteiger partial charge >= 0.3 is 0 Å². The summed E-state index contributed by atoms with van der Waals surface area (Å²) >= 11 is 3.42. The number of hydrogen-bond donors (Lipinski definition) is 0. The summed E-state index contributed by atoms with van der Waals surface area (Å²) in [6.45, 7) is 0.680. The summed E-state index contributed by atoms with van der Waals surface area (Å²) in [6.07, 6.45) is 3.75. The number of nitrogens with zero attached hydrogens (tertiary/aromatic N) is 3. The Morgan fingerprint density at radius 2 is 1.68 bits per heavy atom. The van der Waals surface area contributed by atoms with Gasteiger partial charge in [-0.15, -0.1) is 0 Å². The summed E-state index contributed by atoms with van der Waals surface area (Å²) in [4.78, 5) is 8.66. The van der Waals surface area contributed by atoms with Crippen molar-refractivity contribution in [3.05, 3.63) is 82.6 Å². The first-order chi connectivity index (χ1) is 12.1. The standard InChI is InChI=1S/C19H12BrF2N3/c20-13-3-1-12(2-4-13)10-25-8-7-17-18(11-25)24-19(23-17)15-9-14(21)5-6-16(15)22/h1-9,11H,10H2. The lowest BCUT2D eigenvalue weighted by atomic mass is 10.2. The van der Waals surface area contributed by atoms with Crippen LogP contribution in [0.1, 0.15) is 5.56 Å². The van der Waals surface area contributed by atoms with E-state index in [-0.39, 0.29) is 11.4 Å². The zero-order chi connectivity index (χ0) is 17.4. The lowest BCUT2D eigenvalue weighted by Gasteiger charge is -2.08.